The molecular formula is C12H12N2OS. The van der Waals surface area contributed by atoms with Crippen LogP contribution in [-0.4, -0.2) is 10.1 Å². The fraction of sp³-hybridized carbons (Fsp3) is 0.0833. The molecule has 3 N–H and O–H groups in total. The Morgan fingerprint density at radius 3 is 2.69 bits per heavy atom. The van der Waals surface area contributed by atoms with E-state index in [0.29, 0.717) is 11.4 Å². The predicted molar refractivity (Wildman–Crippen MR) is 66.3 cm³/mol. The highest BCUT2D eigenvalue weighted by molar-refractivity contribution is 7.98. The Morgan fingerprint density at radius 2 is 1.94 bits per heavy atom. The lowest BCUT2D eigenvalue weighted by Gasteiger charge is -2.05. The molecule has 0 unspecified atom stereocenters. The predicted octanol–water partition coefficient (Wildman–Crippen LogP) is 2.66. The average Bonchev–Trinajstić information content (AvgIpc) is 2.32. The highest BCUT2D eigenvalue weighted by Gasteiger charge is 2.02. The molecule has 0 atom stereocenters. The molecule has 0 bridgehead atoms. The number of rotatable bonds is 3. The smallest absolute Gasteiger partial charge is 0.119 e. The summed E-state index contributed by atoms with van der Waals surface area (Å²) in [5, 5.41) is 9.63. The number of aromatic nitrogens is 1. The van der Waals surface area contributed by atoms with Crippen LogP contribution in [0.3, 0.4) is 0 Å². The van der Waals surface area contributed by atoms with Gasteiger partial charge in [0.25, 0.3) is 0 Å². The van der Waals surface area contributed by atoms with Crippen molar-refractivity contribution in [2.45, 2.75) is 10.6 Å². The molecule has 0 saturated heterocycles. The molecule has 0 fully saturated rings. The maximum atomic E-state index is 9.63. The molecule has 0 aliphatic carbocycles. The number of anilines is 1. The van der Waals surface area contributed by atoms with Crippen LogP contribution in [0, 0.1) is 0 Å². The molecule has 4 heteroatoms. The number of nitrogens with two attached hydrogens (primary N) is 1. The number of hydrogen-bond acceptors (Lipinski definition) is 4. The highest BCUT2D eigenvalue weighted by Crippen LogP contribution is 2.28. The summed E-state index contributed by atoms with van der Waals surface area (Å²) in [4.78, 5) is 5.07. The van der Waals surface area contributed by atoms with Crippen molar-refractivity contribution in [1.29, 1.82) is 0 Å². The SMILES string of the molecule is Nc1ccc(O)c(CSc2ccncc2)c1. The lowest BCUT2D eigenvalue weighted by atomic mass is 10.2. The Morgan fingerprint density at radius 1 is 1.19 bits per heavy atom. The first-order valence-corrected chi connectivity index (χ1v) is 5.84. The van der Waals surface area contributed by atoms with Crippen molar-refractivity contribution in [3.05, 3.63) is 48.3 Å². The van der Waals surface area contributed by atoms with Gasteiger partial charge in [-0.05, 0) is 30.3 Å². The maximum Gasteiger partial charge on any atom is 0.119 e. The standard InChI is InChI=1S/C12H12N2OS/c13-10-1-2-12(15)9(7-10)8-16-11-3-5-14-6-4-11/h1-7,15H,8,13H2. The maximum absolute atomic E-state index is 9.63. The number of phenols is 1. The molecule has 0 amide bonds. The molecule has 3 nitrogen and oxygen atoms in total. The van der Waals surface area contributed by atoms with Crippen molar-refractivity contribution < 1.29 is 5.11 Å². The van der Waals surface area contributed by atoms with E-state index in [4.69, 9.17) is 5.73 Å². The van der Waals surface area contributed by atoms with E-state index in [2.05, 4.69) is 4.98 Å². The molecule has 16 heavy (non-hydrogen) atoms. The zero-order valence-corrected chi connectivity index (χ0v) is 9.45. The zero-order chi connectivity index (χ0) is 11.4. The monoisotopic (exact) mass is 232 g/mol. The second kappa shape index (κ2) is 4.90. The number of aromatic hydroxyl groups is 1. The van der Waals surface area contributed by atoms with E-state index in [1.807, 2.05) is 12.1 Å². The van der Waals surface area contributed by atoms with Crippen molar-refractivity contribution in [2.24, 2.45) is 0 Å². The number of benzene rings is 1. The quantitative estimate of drug-likeness (QED) is 0.485. The fourth-order valence-corrected chi connectivity index (χ4v) is 2.18. The van der Waals surface area contributed by atoms with E-state index in [9.17, 15) is 5.11 Å². The van der Waals surface area contributed by atoms with Crippen LogP contribution in [-0.2, 0) is 5.75 Å². The third kappa shape index (κ3) is 2.67. The minimum absolute atomic E-state index is 0.288. The van der Waals surface area contributed by atoms with Gasteiger partial charge in [0.05, 0.1) is 0 Å². The Kier molecular flexibility index (Phi) is 3.31. The van der Waals surface area contributed by atoms with Crippen LogP contribution in [0.4, 0.5) is 5.69 Å². The Hall–Kier alpha value is -1.68. The Bertz CT molecular complexity index is 474. The van der Waals surface area contributed by atoms with E-state index in [-0.39, 0.29) is 5.75 Å². The molecule has 1 aromatic carbocycles. The van der Waals surface area contributed by atoms with Gasteiger partial charge in [0.1, 0.15) is 5.75 Å². The third-order valence-electron chi connectivity index (χ3n) is 2.15. The number of thioether (sulfide) groups is 1. The summed E-state index contributed by atoms with van der Waals surface area (Å²) in [7, 11) is 0. The van der Waals surface area contributed by atoms with Crippen LogP contribution in [0.1, 0.15) is 5.56 Å². The van der Waals surface area contributed by atoms with Crippen LogP contribution in [0.5, 0.6) is 5.75 Å². The van der Waals surface area contributed by atoms with Gasteiger partial charge in [-0.3, -0.25) is 4.98 Å². The molecule has 82 valence electrons. The molecule has 1 aromatic heterocycles. The minimum atomic E-state index is 0.288. The number of phenolic OH excluding ortho intramolecular Hbond substituents is 1. The van der Waals surface area contributed by atoms with Gasteiger partial charge in [0.2, 0.25) is 0 Å². The summed E-state index contributed by atoms with van der Waals surface area (Å²) in [6.07, 6.45) is 3.50. The third-order valence-corrected chi connectivity index (χ3v) is 3.21. The zero-order valence-electron chi connectivity index (χ0n) is 8.63. The topological polar surface area (TPSA) is 59.1 Å². The van der Waals surface area contributed by atoms with E-state index >= 15 is 0 Å². The minimum Gasteiger partial charge on any atom is -0.508 e. The van der Waals surface area contributed by atoms with Gasteiger partial charge in [-0.2, -0.15) is 0 Å². The first-order valence-electron chi connectivity index (χ1n) is 4.86. The molecular weight excluding hydrogens is 220 g/mol. The van der Waals surface area contributed by atoms with Crippen molar-refractivity contribution in [3.8, 4) is 5.75 Å². The summed E-state index contributed by atoms with van der Waals surface area (Å²) in [5.74, 6) is 0.983. The van der Waals surface area contributed by atoms with Gasteiger partial charge in [0.15, 0.2) is 0 Å². The van der Waals surface area contributed by atoms with Crippen LogP contribution in [0.15, 0.2) is 47.6 Å². The number of nitrogen functional groups attached to an aromatic ring is 1. The second-order valence-corrected chi connectivity index (χ2v) is 4.41. The van der Waals surface area contributed by atoms with E-state index < -0.39 is 0 Å². The number of hydrogen-bond donors (Lipinski definition) is 2. The fourth-order valence-electron chi connectivity index (χ4n) is 1.32. The van der Waals surface area contributed by atoms with Crippen LogP contribution in [0.2, 0.25) is 0 Å². The number of pyridine rings is 1. The van der Waals surface area contributed by atoms with Crippen molar-refractivity contribution in [1.82, 2.24) is 4.98 Å². The lowest BCUT2D eigenvalue weighted by Crippen LogP contribution is -1.88. The van der Waals surface area contributed by atoms with Gasteiger partial charge >= 0.3 is 0 Å². The van der Waals surface area contributed by atoms with Crippen molar-refractivity contribution >= 4 is 17.4 Å². The normalized spacial score (nSPS) is 10.2. The van der Waals surface area contributed by atoms with E-state index in [1.54, 1.807) is 42.4 Å². The lowest BCUT2D eigenvalue weighted by molar-refractivity contribution is 0.471. The Labute approximate surface area is 98.3 Å². The van der Waals surface area contributed by atoms with Gasteiger partial charge in [0, 0.05) is 34.3 Å². The first kappa shape index (κ1) is 10.8. The summed E-state index contributed by atoms with van der Waals surface area (Å²) in [6.45, 7) is 0. The number of nitrogens with zero attached hydrogens (tertiary/aromatic N) is 1. The summed E-state index contributed by atoms with van der Waals surface area (Å²) in [5.41, 5.74) is 7.18. The Balaban J connectivity index is 2.08. The van der Waals surface area contributed by atoms with Gasteiger partial charge < -0.3 is 10.8 Å². The largest absolute Gasteiger partial charge is 0.508 e. The van der Waals surface area contributed by atoms with Gasteiger partial charge in [-0.25, -0.2) is 0 Å². The molecule has 0 aliphatic heterocycles. The molecule has 0 radical (unpaired) electrons. The van der Waals surface area contributed by atoms with Crippen LogP contribution < -0.4 is 5.73 Å². The molecule has 2 rings (SSSR count). The van der Waals surface area contributed by atoms with E-state index in [0.717, 1.165) is 10.5 Å². The van der Waals surface area contributed by atoms with Gasteiger partial charge in [-0.1, -0.05) is 0 Å². The summed E-state index contributed by atoms with van der Waals surface area (Å²) < 4.78 is 0. The second-order valence-electron chi connectivity index (χ2n) is 3.36. The van der Waals surface area contributed by atoms with E-state index in [1.165, 1.54) is 0 Å². The molecule has 2 aromatic rings. The first-order chi connectivity index (χ1) is 7.75. The summed E-state index contributed by atoms with van der Waals surface area (Å²) in [6, 6.07) is 8.99. The summed E-state index contributed by atoms with van der Waals surface area (Å²) >= 11 is 1.64. The van der Waals surface area contributed by atoms with Crippen molar-refractivity contribution in [2.75, 3.05) is 5.73 Å². The molecule has 0 spiro atoms. The highest BCUT2D eigenvalue weighted by atomic mass is 32.2. The van der Waals surface area contributed by atoms with Crippen molar-refractivity contribution in [3.63, 3.8) is 0 Å². The van der Waals surface area contributed by atoms with Crippen LogP contribution in [0.25, 0.3) is 0 Å². The molecule has 1 heterocycles. The molecule has 0 saturated carbocycles. The molecule has 0 aliphatic rings. The van der Waals surface area contributed by atoms with Crippen LogP contribution >= 0.6 is 11.8 Å². The average molecular weight is 232 g/mol. The van der Waals surface area contributed by atoms with Gasteiger partial charge in [-0.15, -0.1) is 11.8 Å².